The zero-order chi connectivity index (χ0) is 16.8. The smallest absolute Gasteiger partial charge is 0.255 e. The van der Waals surface area contributed by atoms with Crippen LogP contribution in [0, 0.1) is 0 Å². The molecule has 0 radical (unpaired) electrons. The van der Waals surface area contributed by atoms with Gasteiger partial charge < -0.3 is 4.90 Å². The highest BCUT2D eigenvalue weighted by Crippen LogP contribution is 2.18. The van der Waals surface area contributed by atoms with Gasteiger partial charge in [-0.2, -0.15) is 0 Å². The molecule has 0 aliphatic rings. The second-order valence-corrected chi connectivity index (χ2v) is 5.76. The van der Waals surface area contributed by atoms with E-state index >= 15 is 0 Å². The summed E-state index contributed by atoms with van der Waals surface area (Å²) in [5, 5.41) is 0.553. The van der Waals surface area contributed by atoms with Gasteiger partial charge in [0, 0.05) is 24.7 Å². The Balaban J connectivity index is 2.38. The van der Waals surface area contributed by atoms with Crippen LogP contribution in [0.2, 0.25) is 0 Å². The van der Waals surface area contributed by atoms with Gasteiger partial charge >= 0.3 is 0 Å². The standard InChI is InChI=1S/C17H21N3O2S/c1-4-19(5-2)16(22)12-20-15(21)11-14(18-17(20)23-3)13-9-7-6-8-10-13/h6-11H,4-5,12H2,1-3H3. The largest absolute Gasteiger partial charge is 0.342 e. The van der Waals surface area contributed by atoms with E-state index in [1.54, 1.807) is 4.90 Å². The van der Waals surface area contributed by atoms with Gasteiger partial charge in [-0.05, 0) is 20.1 Å². The lowest BCUT2D eigenvalue weighted by atomic mass is 10.1. The summed E-state index contributed by atoms with van der Waals surface area (Å²) in [6.45, 7) is 5.15. The Labute approximate surface area is 140 Å². The molecule has 1 aromatic carbocycles. The molecule has 0 unspecified atom stereocenters. The lowest BCUT2D eigenvalue weighted by molar-refractivity contribution is -0.131. The molecule has 1 amide bonds. The van der Waals surface area contributed by atoms with Gasteiger partial charge in [-0.15, -0.1) is 0 Å². The molecule has 2 rings (SSSR count). The van der Waals surface area contributed by atoms with Crippen molar-refractivity contribution < 1.29 is 4.79 Å². The molecule has 122 valence electrons. The summed E-state index contributed by atoms with van der Waals surface area (Å²) in [6.07, 6.45) is 1.86. The molecule has 1 aromatic heterocycles. The number of carbonyl (C=O) groups excluding carboxylic acids is 1. The molecular formula is C17H21N3O2S. The summed E-state index contributed by atoms with van der Waals surface area (Å²) >= 11 is 1.37. The molecule has 0 saturated heterocycles. The minimum absolute atomic E-state index is 0.0265. The summed E-state index contributed by atoms with van der Waals surface area (Å²) in [5.74, 6) is -0.0679. The van der Waals surface area contributed by atoms with E-state index in [2.05, 4.69) is 4.98 Å². The van der Waals surface area contributed by atoms with E-state index in [9.17, 15) is 9.59 Å². The van der Waals surface area contributed by atoms with Gasteiger partial charge in [0.1, 0.15) is 6.54 Å². The first-order chi connectivity index (χ1) is 11.1. The van der Waals surface area contributed by atoms with E-state index in [0.717, 1.165) is 5.56 Å². The molecule has 0 bridgehead atoms. The zero-order valence-corrected chi connectivity index (χ0v) is 14.5. The first kappa shape index (κ1) is 17.3. The number of hydrogen-bond acceptors (Lipinski definition) is 4. The van der Waals surface area contributed by atoms with Gasteiger partial charge in [0.2, 0.25) is 5.91 Å². The Hall–Kier alpha value is -2.08. The zero-order valence-electron chi connectivity index (χ0n) is 13.7. The van der Waals surface area contributed by atoms with E-state index in [0.29, 0.717) is 23.9 Å². The highest BCUT2D eigenvalue weighted by atomic mass is 32.2. The normalized spacial score (nSPS) is 10.6. The highest BCUT2D eigenvalue weighted by Gasteiger charge is 2.15. The molecule has 0 aliphatic carbocycles. The average molecular weight is 331 g/mol. The van der Waals surface area contributed by atoms with Crippen molar-refractivity contribution in [2.75, 3.05) is 19.3 Å². The summed E-state index contributed by atoms with van der Waals surface area (Å²) in [7, 11) is 0. The van der Waals surface area contributed by atoms with Crippen molar-refractivity contribution in [3.05, 3.63) is 46.8 Å². The Morgan fingerprint density at radius 2 is 1.87 bits per heavy atom. The molecule has 0 saturated carbocycles. The van der Waals surface area contributed by atoms with Crippen LogP contribution < -0.4 is 5.56 Å². The van der Waals surface area contributed by atoms with Crippen LogP contribution in [-0.4, -0.2) is 39.7 Å². The fourth-order valence-corrected chi connectivity index (χ4v) is 2.92. The number of rotatable bonds is 6. The summed E-state index contributed by atoms with van der Waals surface area (Å²) < 4.78 is 1.44. The maximum atomic E-state index is 12.5. The van der Waals surface area contributed by atoms with Crippen LogP contribution in [0.15, 0.2) is 46.3 Å². The van der Waals surface area contributed by atoms with Gasteiger partial charge in [-0.1, -0.05) is 42.1 Å². The second-order valence-electron chi connectivity index (χ2n) is 4.98. The summed E-state index contributed by atoms with van der Waals surface area (Å²) in [4.78, 5) is 31.0. The summed E-state index contributed by atoms with van der Waals surface area (Å²) in [5.41, 5.74) is 1.32. The third-order valence-electron chi connectivity index (χ3n) is 3.63. The van der Waals surface area contributed by atoms with Crippen molar-refractivity contribution >= 4 is 17.7 Å². The van der Waals surface area contributed by atoms with Crippen molar-refractivity contribution in [3.63, 3.8) is 0 Å². The lowest BCUT2D eigenvalue weighted by Gasteiger charge is -2.20. The number of carbonyl (C=O) groups is 1. The Kier molecular flexibility index (Phi) is 5.98. The minimum atomic E-state index is -0.205. The fraction of sp³-hybridized carbons (Fsp3) is 0.353. The topological polar surface area (TPSA) is 55.2 Å². The van der Waals surface area contributed by atoms with E-state index in [-0.39, 0.29) is 18.0 Å². The Bertz CT molecular complexity index is 724. The quantitative estimate of drug-likeness (QED) is 0.603. The number of hydrogen-bond donors (Lipinski definition) is 0. The highest BCUT2D eigenvalue weighted by molar-refractivity contribution is 7.98. The molecule has 0 atom stereocenters. The molecule has 0 fully saturated rings. The van der Waals surface area contributed by atoms with Crippen LogP contribution in [0.5, 0.6) is 0 Å². The third kappa shape index (κ3) is 4.01. The predicted molar refractivity (Wildman–Crippen MR) is 93.6 cm³/mol. The molecule has 0 spiro atoms. The number of nitrogens with zero attached hydrogens (tertiary/aromatic N) is 3. The van der Waals surface area contributed by atoms with Gasteiger partial charge in [0.05, 0.1) is 5.69 Å². The molecule has 1 heterocycles. The van der Waals surface area contributed by atoms with Crippen molar-refractivity contribution in [1.82, 2.24) is 14.5 Å². The fourth-order valence-electron chi connectivity index (χ4n) is 2.35. The molecule has 5 nitrogen and oxygen atoms in total. The maximum absolute atomic E-state index is 12.5. The maximum Gasteiger partial charge on any atom is 0.255 e. The first-order valence-corrected chi connectivity index (χ1v) is 8.82. The van der Waals surface area contributed by atoms with Gasteiger partial charge in [-0.25, -0.2) is 4.98 Å². The van der Waals surface area contributed by atoms with E-state index < -0.39 is 0 Å². The van der Waals surface area contributed by atoms with E-state index in [1.807, 2.05) is 50.4 Å². The van der Waals surface area contributed by atoms with Gasteiger partial charge in [0.15, 0.2) is 5.16 Å². The number of benzene rings is 1. The van der Waals surface area contributed by atoms with Crippen molar-refractivity contribution in [2.24, 2.45) is 0 Å². The Morgan fingerprint density at radius 3 is 2.43 bits per heavy atom. The number of amides is 1. The minimum Gasteiger partial charge on any atom is -0.342 e. The van der Waals surface area contributed by atoms with Gasteiger partial charge in [0.25, 0.3) is 5.56 Å². The van der Waals surface area contributed by atoms with Crippen molar-refractivity contribution in [1.29, 1.82) is 0 Å². The Morgan fingerprint density at radius 1 is 1.22 bits per heavy atom. The van der Waals surface area contributed by atoms with E-state index in [4.69, 9.17) is 0 Å². The van der Waals surface area contributed by atoms with Crippen molar-refractivity contribution in [3.8, 4) is 11.3 Å². The molecule has 0 N–H and O–H groups in total. The second kappa shape index (κ2) is 7.97. The number of thioether (sulfide) groups is 1. The lowest BCUT2D eigenvalue weighted by Crippen LogP contribution is -2.37. The number of likely N-dealkylation sites (N-methyl/N-ethyl adjacent to an activating group) is 1. The SMILES string of the molecule is CCN(CC)C(=O)Cn1c(SC)nc(-c2ccccc2)cc1=O. The number of aromatic nitrogens is 2. The third-order valence-corrected chi connectivity index (χ3v) is 4.31. The van der Waals surface area contributed by atoms with Crippen molar-refractivity contribution in [2.45, 2.75) is 25.5 Å². The van der Waals surface area contributed by atoms with E-state index in [1.165, 1.54) is 22.4 Å². The van der Waals surface area contributed by atoms with Crippen LogP contribution in [0.4, 0.5) is 0 Å². The average Bonchev–Trinajstić information content (AvgIpc) is 2.58. The monoisotopic (exact) mass is 331 g/mol. The molecule has 23 heavy (non-hydrogen) atoms. The van der Waals surface area contributed by atoms with Crippen LogP contribution in [0.1, 0.15) is 13.8 Å². The van der Waals surface area contributed by atoms with Crippen LogP contribution in [0.25, 0.3) is 11.3 Å². The molecular weight excluding hydrogens is 310 g/mol. The van der Waals surface area contributed by atoms with Crippen LogP contribution in [0.3, 0.4) is 0 Å². The first-order valence-electron chi connectivity index (χ1n) is 7.59. The predicted octanol–water partition coefficient (Wildman–Crippen LogP) is 2.50. The molecule has 2 aromatic rings. The van der Waals surface area contributed by atoms with Gasteiger partial charge in [-0.3, -0.25) is 14.2 Å². The molecule has 0 aliphatic heterocycles. The van der Waals surface area contributed by atoms with Crippen LogP contribution >= 0.6 is 11.8 Å². The molecule has 6 heteroatoms. The summed E-state index contributed by atoms with van der Waals surface area (Å²) in [6, 6.07) is 11.1. The van der Waals surface area contributed by atoms with Crippen LogP contribution in [-0.2, 0) is 11.3 Å².